The third-order valence-corrected chi connectivity index (χ3v) is 5.54. The molecule has 0 aliphatic heterocycles. The van der Waals surface area contributed by atoms with E-state index in [0.717, 1.165) is 30.0 Å². The summed E-state index contributed by atoms with van der Waals surface area (Å²) >= 11 is 0. The number of alkyl halides is 3. The Balaban J connectivity index is 0.000000479. The van der Waals surface area contributed by atoms with Gasteiger partial charge in [-0.2, -0.15) is 13.2 Å². The van der Waals surface area contributed by atoms with Crippen LogP contribution >= 0.6 is 0 Å². The van der Waals surface area contributed by atoms with Crippen LogP contribution in [0.1, 0.15) is 25.1 Å². The van der Waals surface area contributed by atoms with Crippen LogP contribution in [0.4, 0.5) is 13.2 Å². The number of carbonyl (C=O) groups is 1. The number of halogens is 3. The van der Waals surface area contributed by atoms with Crippen molar-refractivity contribution in [1.82, 2.24) is 9.55 Å². The zero-order chi connectivity index (χ0) is 27.0. The van der Waals surface area contributed by atoms with Gasteiger partial charge in [0.25, 0.3) is 0 Å². The maximum absolute atomic E-state index is 10.6. The molecule has 1 N–H and O–H groups in total. The molecule has 0 amide bonds. The van der Waals surface area contributed by atoms with Crippen molar-refractivity contribution in [2.45, 2.75) is 33.0 Å². The lowest BCUT2D eigenvalue weighted by molar-refractivity contribution is -0.192. The van der Waals surface area contributed by atoms with Gasteiger partial charge >= 0.3 is 12.1 Å². The van der Waals surface area contributed by atoms with E-state index >= 15 is 0 Å². The average Bonchev–Trinajstić information content (AvgIpc) is 3.25. The fraction of sp³-hybridized carbons (Fsp3) is 0.241. The van der Waals surface area contributed by atoms with Gasteiger partial charge in [0.2, 0.25) is 0 Å². The van der Waals surface area contributed by atoms with E-state index in [9.17, 15) is 13.2 Å². The van der Waals surface area contributed by atoms with E-state index in [4.69, 9.17) is 19.6 Å². The zero-order valence-corrected chi connectivity index (χ0v) is 20.9. The summed E-state index contributed by atoms with van der Waals surface area (Å²) in [6, 6.07) is 27.4. The van der Waals surface area contributed by atoms with Crippen LogP contribution in [0.2, 0.25) is 0 Å². The normalized spacial score (nSPS) is 11.1. The van der Waals surface area contributed by atoms with E-state index in [0.29, 0.717) is 5.92 Å². The van der Waals surface area contributed by atoms with Gasteiger partial charge in [0.15, 0.2) is 0 Å². The van der Waals surface area contributed by atoms with E-state index in [-0.39, 0.29) is 0 Å². The monoisotopic (exact) mass is 510 g/mol. The Morgan fingerprint density at radius 1 is 0.973 bits per heavy atom. The van der Waals surface area contributed by atoms with E-state index in [2.05, 4.69) is 79.1 Å². The lowest BCUT2D eigenvalue weighted by Gasteiger charge is -2.14. The second-order valence-electron chi connectivity index (χ2n) is 8.84. The van der Waals surface area contributed by atoms with Gasteiger partial charge in [-0.05, 0) is 47.2 Å². The Morgan fingerprint density at radius 3 is 2.22 bits per heavy atom. The molecule has 37 heavy (non-hydrogen) atoms. The van der Waals surface area contributed by atoms with Gasteiger partial charge in [-0.25, -0.2) is 9.78 Å². The highest BCUT2D eigenvalue weighted by Gasteiger charge is 2.38. The third-order valence-electron chi connectivity index (χ3n) is 5.54. The first kappa shape index (κ1) is 27.5. The number of hydrogen-bond acceptors (Lipinski definition) is 3. The number of benzene rings is 3. The van der Waals surface area contributed by atoms with Crippen molar-refractivity contribution < 1.29 is 27.8 Å². The number of aromatic nitrogens is 2. The topological polar surface area (TPSA) is 64.4 Å². The molecule has 8 heteroatoms. The summed E-state index contributed by atoms with van der Waals surface area (Å²) < 4.78 is 39.6. The molecular formula is C29H29F3N2O3. The van der Waals surface area contributed by atoms with Crippen molar-refractivity contribution >= 4 is 5.97 Å². The predicted molar refractivity (Wildman–Crippen MR) is 137 cm³/mol. The van der Waals surface area contributed by atoms with E-state index in [1.807, 2.05) is 24.5 Å². The number of para-hydroxylation sites is 1. The Morgan fingerprint density at radius 2 is 1.59 bits per heavy atom. The number of aliphatic carboxylic acids is 1. The lowest BCUT2D eigenvalue weighted by Crippen LogP contribution is -2.21. The number of carboxylic acid groups (broad SMARTS) is 1. The maximum Gasteiger partial charge on any atom is 0.490 e. The first-order valence-electron chi connectivity index (χ1n) is 11.7. The minimum Gasteiger partial charge on any atom is -0.496 e. The molecule has 194 valence electrons. The van der Waals surface area contributed by atoms with Gasteiger partial charge in [0.05, 0.1) is 19.1 Å². The lowest BCUT2D eigenvalue weighted by atomic mass is 10.0. The molecule has 1 aromatic heterocycles. The van der Waals surface area contributed by atoms with Crippen molar-refractivity contribution in [3.05, 3.63) is 96.4 Å². The number of rotatable bonds is 7. The first-order chi connectivity index (χ1) is 17.6. The van der Waals surface area contributed by atoms with Crippen molar-refractivity contribution in [2.24, 2.45) is 5.92 Å². The molecule has 4 aromatic rings. The van der Waals surface area contributed by atoms with Crippen LogP contribution in [0, 0.1) is 5.92 Å². The molecule has 0 aliphatic rings. The summed E-state index contributed by atoms with van der Waals surface area (Å²) in [5, 5.41) is 7.12. The van der Waals surface area contributed by atoms with Crippen molar-refractivity contribution in [2.75, 3.05) is 7.11 Å². The highest BCUT2D eigenvalue weighted by atomic mass is 19.4. The van der Waals surface area contributed by atoms with Crippen molar-refractivity contribution in [1.29, 1.82) is 0 Å². The Kier molecular flexibility index (Phi) is 9.11. The molecule has 0 fully saturated rings. The number of methoxy groups -OCH3 is 1. The molecule has 4 rings (SSSR count). The molecule has 1 heterocycles. The van der Waals surface area contributed by atoms with Gasteiger partial charge in [-0.3, -0.25) is 0 Å². The smallest absolute Gasteiger partial charge is 0.490 e. The standard InChI is InChI=1S/C27H28N2O.C2HF3O2/c1-20(2)16-25-27(24-14-7-8-15-26(24)30-3)28-19-29(25)18-21-10-9-13-23(17-21)22-11-5-4-6-12-22;3-2(4,5)1(6)7/h4-15,17,19-20H,16,18H2,1-3H3;(H,6,7). The molecular weight excluding hydrogens is 481 g/mol. The van der Waals surface area contributed by atoms with Gasteiger partial charge in [-0.1, -0.05) is 74.5 Å². The summed E-state index contributed by atoms with van der Waals surface area (Å²) in [6.45, 7) is 5.30. The molecule has 0 radical (unpaired) electrons. The summed E-state index contributed by atoms with van der Waals surface area (Å²) in [5.41, 5.74) is 7.06. The summed E-state index contributed by atoms with van der Waals surface area (Å²) in [6.07, 6.45) is -2.15. The molecule has 0 saturated heterocycles. The number of hydrogen-bond donors (Lipinski definition) is 1. The predicted octanol–water partition coefficient (Wildman–Crippen LogP) is 7.11. The number of carboxylic acids is 1. The molecule has 0 atom stereocenters. The quantitative estimate of drug-likeness (QED) is 0.288. The minimum atomic E-state index is -5.08. The summed E-state index contributed by atoms with van der Waals surface area (Å²) in [7, 11) is 1.72. The van der Waals surface area contributed by atoms with Gasteiger partial charge in [-0.15, -0.1) is 0 Å². The largest absolute Gasteiger partial charge is 0.496 e. The van der Waals surface area contributed by atoms with Crippen LogP contribution in [0.3, 0.4) is 0 Å². The third kappa shape index (κ3) is 7.46. The fourth-order valence-corrected chi connectivity index (χ4v) is 3.89. The fourth-order valence-electron chi connectivity index (χ4n) is 3.89. The van der Waals surface area contributed by atoms with Crippen LogP contribution in [-0.4, -0.2) is 33.9 Å². The molecule has 0 aliphatic carbocycles. The molecule has 0 bridgehead atoms. The Hall–Kier alpha value is -4.07. The number of imidazole rings is 1. The Bertz CT molecular complexity index is 1320. The second-order valence-corrected chi connectivity index (χ2v) is 8.84. The van der Waals surface area contributed by atoms with Gasteiger partial charge in [0.1, 0.15) is 5.75 Å². The molecule has 0 unspecified atom stereocenters. The summed E-state index contributed by atoms with van der Waals surface area (Å²) in [4.78, 5) is 13.7. The SMILES string of the molecule is COc1ccccc1-c1ncn(Cc2cccc(-c3ccccc3)c2)c1CC(C)C.O=C(O)C(F)(F)F. The van der Waals surface area contributed by atoms with Gasteiger partial charge < -0.3 is 14.4 Å². The van der Waals surface area contributed by atoms with E-state index < -0.39 is 12.1 Å². The number of nitrogens with zero attached hydrogens (tertiary/aromatic N) is 2. The molecule has 0 saturated carbocycles. The van der Waals surface area contributed by atoms with Crippen LogP contribution < -0.4 is 4.74 Å². The molecule has 3 aromatic carbocycles. The van der Waals surface area contributed by atoms with Crippen LogP contribution in [0.5, 0.6) is 5.75 Å². The van der Waals surface area contributed by atoms with Crippen LogP contribution in [0.15, 0.2) is 85.2 Å². The van der Waals surface area contributed by atoms with Crippen LogP contribution in [-0.2, 0) is 17.8 Å². The Labute approximate surface area is 214 Å². The van der Waals surface area contributed by atoms with E-state index in [1.54, 1.807) is 7.11 Å². The van der Waals surface area contributed by atoms with E-state index in [1.165, 1.54) is 22.4 Å². The van der Waals surface area contributed by atoms with Crippen molar-refractivity contribution in [3.8, 4) is 28.1 Å². The molecule has 0 spiro atoms. The molecule has 5 nitrogen and oxygen atoms in total. The second kappa shape index (κ2) is 12.3. The zero-order valence-electron chi connectivity index (χ0n) is 20.9. The average molecular weight is 511 g/mol. The highest BCUT2D eigenvalue weighted by molar-refractivity contribution is 5.73. The number of ether oxygens (including phenoxy) is 1. The highest BCUT2D eigenvalue weighted by Crippen LogP contribution is 2.32. The summed E-state index contributed by atoms with van der Waals surface area (Å²) in [5.74, 6) is -1.36. The van der Waals surface area contributed by atoms with Crippen LogP contribution in [0.25, 0.3) is 22.4 Å². The maximum atomic E-state index is 10.6. The minimum absolute atomic E-state index is 0.532. The van der Waals surface area contributed by atoms with Crippen molar-refractivity contribution in [3.63, 3.8) is 0 Å². The van der Waals surface area contributed by atoms with Gasteiger partial charge in [0, 0.05) is 17.8 Å². The first-order valence-corrected chi connectivity index (χ1v) is 11.7.